The molecule has 0 amide bonds. The van der Waals surface area contributed by atoms with Crippen molar-refractivity contribution in [3.05, 3.63) is 0 Å². The standard InChI is InChI=1S/C9H18O4/c1-2-3-11-7-8(10)6-9-12-4-5-13-9/h8-10H,2-7H2,1H3. The Hall–Kier alpha value is -0.160. The maximum absolute atomic E-state index is 9.45. The Morgan fingerprint density at radius 2 is 2.15 bits per heavy atom. The summed E-state index contributed by atoms with van der Waals surface area (Å²) >= 11 is 0. The molecule has 1 atom stereocenters. The molecule has 1 rings (SSSR count). The SMILES string of the molecule is CCCOCC(O)CC1OCCO1. The van der Waals surface area contributed by atoms with Gasteiger partial charge in [-0.15, -0.1) is 0 Å². The van der Waals surface area contributed by atoms with Gasteiger partial charge in [0.25, 0.3) is 0 Å². The first kappa shape index (κ1) is 10.9. The summed E-state index contributed by atoms with van der Waals surface area (Å²) in [5.74, 6) is 0. The van der Waals surface area contributed by atoms with Gasteiger partial charge in [-0.3, -0.25) is 0 Å². The van der Waals surface area contributed by atoms with Crippen LogP contribution in [0.25, 0.3) is 0 Å². The number of hydrogen-bond donors (Lipinski definition) is 1. The zero-order chi connectivity index (χ0) is 9.52. The van der Waals surface area contributed by atoms with E-state index in [4.69, 9.17) is 14.2 Å². The molecule has 0 aromatic heterocycles. The van der Waals surface area contributed by atoms with Crippen LogP contribution in [0.4, 0.5) is 0 Å². The molecule has 0 saturated carbocycles. The van der Waals surface area contributed by atoms with E-state index in [1.54, 1.807) is 0 Å². The van der Waals surface area contributed by atoms with E-state index >= 15 is 0 Å². The van der Waals surface area contributed by atoms with Crippen LogP contribution in [0.1, 0.15) is 19.8 Å². The van der Waals surface area contributed by atoms with Crippen molar-refractivity contribution in [1.82, 2.24) is 0 Å². The average Bonchev–Trinajstić information content (AvgIpc) is 2.57. The maximum atomic E-state index is 9.45. The normalized spacial score (nSPS) is 20.8. The first-order chi connectivity index (χ1) is 6.33. The van der Waals surface area contributed by atoms with Gasteiger partial charge < -0.3 is 19.3 Å². The summed E-state index contributed by atoms with van der Waals surface area (Å²) < 4.78 is 15.6. The molecule has 4 heteroatoms. The smallest absolute Gasteiger partial charge is 0.160 e. The van der Waals surface area contributed by atoms with Gasteiger partial charge in [0.05, 0.1) is 25.9 Å². The molecule has 4 nitrogen and oxygen atoms in total. The third-order valence-electron chi connectivity index (χ3n) is 1.81. The minimum absolute atomic E-state index is 0.236. The highest BCUT2D eigenvalue weighted by Crippen LogP contribution is 2.10. The van der Waals surface area contributed by atoms with E-state index in [9.17, 15) is 5.11 Å². The van der Waals surface area contributed by atoms with E-state index in [1.807, 2.05) is 6.92 Å². The van der Waals surface area contributed by atoms with Crippen LogP contribution in [-0.2, 0) is 14.2 Å². The van der Waals surface area contributed by atoms with E-state index in [2.05, 4.69) is 0 Å². The maximum Gasteiger partial charge on any atom is 0.160 e. The fourth-order valence-corrected chi connectivity index (χ4v) is 1.20. The number of aliphatic hydroxyl groups is 1. The van der Waals surface area contributed by atoms with Crippen molar-refractivity contribution < 1.29 is 19.3 Å². The predicted octanol–water partition coefficient (Wildman–Crippen LogP) is 0.537. The molecule has 1 aliphatic heterocycles. The second-order valence-corrected chi connectivity index (χ2v) is 3.14. The molecule has 13 heavy (non-hydrogen) atoms. The third-order valence-corrected chi connectivity index (χ3v) is 1.81. The van der Waals surface area contributed by atoms with Gasteiger partial charge in [0, 0.05) is 13.0 Å². The Morgan fingerprint density at radius 1 is 1.46 bits per heavy atom. The van der Waals surface area contributed by atoms with E-state index in [0.717, 1.165) is 6.42 Å². The summed E-state index contributed by atoms with van der Waals surface area (Å²) in [6.07, 6.45) is 0.766. The second kappa shape index (κ2) is 6.32. The molecule has 78 valence electrons. The van der Waals surface area contributed by atoms with Crippen LogP contribution in [0.2, 0.25) is 0 Å². The highest BCUT2D eigenvalue weighted by atomic mass is 16.7. The minimum atomic E-state index is -0.477. The number of ether oxygens (including phenoxy) is 3. The summed E-state index contributed by atoms with van der Waals surface area (Å²) in [4.78, 5) is 0. The van der Waals surface area contributed by atoms with Gasteiger partial charge in [-0.1, -0.05) is 6.92 Å². The minimum Gasteiger partial charge on any atom is -0.391 e. The zero-order valence-electron chi connectivity index (χ0n) is 8.07. The van der Waals surface area contributed by atoms with Gasteiger partial charge in [-0.25, -0.2) is 0 Å². The summed E-state index contributed by atoms with van der Waals surface area (Å²) in [6, 6.07) is 0. The molecule has 0 aromatic rings. The number of hydrogen-bond acceptors (Lipinski definition) is 4. The van der Waals surface area contributed by atoms with Gasteiger partial charge in [-0.2, -0.15) is 0 Å². The fourth-order valence-electron chi connectivity index (χ4n) is 1.20. The number of rotatable bonds is 6. The molecule has 0 spiro atoms. The molecule has 1 fully saturated rings. The highest BCUT2D eigenvalue weighted by molar-refractivity contribution is 4.60. The molecule has 0 radical (unpaired) electrons. The fraction of sp³-hybridized carbons (Fsp3) is 1.00. The van der Waals surface area contributed by atoms with Crippen molar-refractivity contribution in [3.63, 3.8) is 0 Å². The van der Waals surface area contributed by atoms with Crippen LogP contribution in [0.3, 0.4) is 0 Å². The summed E-state index contributed by atoms with van der Waals surface area (Å²) in [5.41, 5.74) is 0. The molecule has 1 aliphatic rings. The predicted molar refractivity (Wildman–Crippen MR) is 47.4 cm³/mol. The molecule has 0 bridgehead atoms. The summed E-state index contributed by atoms with van der Waals surface area (Å²) in [5, 5.41) is 9.45. The highest BCUT2D eigenvalue weighted by Gasteiger charge is 2.19. The van der Waals surface area contributed by atoms with Crippen LogP contribution < -0.4 is 0 Å². The lowest BCUT2D eigenvalue weighted by molar-refractivity contribution is -0.0827. The molecular formula is C9H18O4. The molecule has 0 aliphatic carbocycles. The van der Waals surface area contributed by atoms with Crippen molar-refractivity contribution >= 4 is 0 Å². The Kier molecular flexibility index (Phi) is 5.31. The van der Waals surface area contributed by atoms with Crippen molar-refractivity contribution in [1.29, 1.82) is 0 Å². The first-order valence-corrected chi connectivity index (χ1v) is 4.82. The lowest BCUT2D eigenvalue weighted by Gasteiger charge is -2.14. The first-order valence-electron chi connectivity index (χ1n) is 4.82. The lowest BCUT2D eigenvalue weighted by atomic mass is 10.2. The van der Waals surface area contributed by atoms with E-state index in [0.29, 0.717) is 32.8 Å². The Balaban J connectivity index is 1.99. The third kappa shape index (κ3) is 4.57. The van der Waals surface area contributed by atoms with Gasteiger partial charge in [0.2, 0.25) is 0 Å². The van der Waals surface area contributed by atoms with Crippen LogP contribution in [0, 0.1) is 0 Å². The molecule has 0 aromatic carbocycles. The Morgan fingerprint density at radius 3 is 2.77 bits per heavy atom. The van der Waals surface area contributed by atoms with E-state index < -0.39 is 6.10 Å². The quantitative estimate of drug-likeness (QED) is 0.621. The molecule has 1 unspecified atom stereocenters. The number of aliphatic hydroxyl groups excluding tert-OH is 1. The van der Waals surface area contributed by atoms with E-state index in [1.165, 1.54) is 0 Å². The van der Waals surface area contributed by atoms with Crippen molar-refractivity contribution in [3.8, 4) is 0 Å². The summed E-state index contributed by atoms with van der Waals surface area (Å²) in [7, 11) is 0. The second-order valence-electron chi connectivity index (χ2n) is 3.14. The molecule has 1 saturated heterocycles. The van der Waals surface area contributed by atoms with Crippen LogP contribution in [-0.4, -0.2) is 43.9 Å². The van der Waals surface area contributed by atoms with E-state index in [-0.39, 0.29) is 6.29 Å². The molecule has 1 heterocycles. The monoisotopic (exact) mass is 190 g/mol. The van der Waals surface area contributed by atoms with Crippen LogP contribution >= 0.6 is 0 Å². The van der Waals surface area contributed by atoms with Gasteiger partial charge in [-0.05, 0) is 6.42 Å². The van der Waals surface area contributed by atoms with Crippen LogP contribution in [0.5, 0.6) is 0 Å². The zero-order valence-corrected chi connectivity index (χ0v) is 8.07. The van der Waals surface area contributed by atoms with Gasteiger partial charge in [0.1, 0.15) is 0 Å². The molecular weight excluding hydrogens is 172 g/mol. The molecule has 1 N–H and O–H groups in total. The van der Waals surface area contributed by atoms with Gasteiger partial charge in [0.15, 0.2) is 6.29 Å². The topological polar surface area (TPSA) is 47.9 Å². The van der Waals surface area contributed by atoms with Gasteiger partial charge >= 0.3 is 0 Å². The van der Waals surface area contributed by atoms with Crippen molar-refractivity contribution in [2.45, 2.75) is 32.2 Å². The van der Waals surface area contributed by atoms with Crippen molar-refractivity contribution in [2.24, 2.45) is 0 Å². The average molecular weight is 190 g/mol. The van der Waals surface area contributed by atoms with Crippen molar-refractivity contribution in [2.75, 3.05) is 26.4 Å². The summed E-state index contributed by atoms with van der Waals surface area (Å²) in [6.45, 7) is 4.37. The Bertz CT molecular complexity index is 123. The Labute approximate surface area is 78.8 Å². The van der Waals surface area contributed by atoms with Crippen LogP contribution in [0.15, 0.2) is 0 Å². The largest absolute Gasteiger partial charge is 0.391 e. The lowest BCUT2D eigenvalue weighted by Crippen LogP contribution is -2.23.